The number of rotatable bonds is 7. The first-order valence-corrected chi connectivity index (χ1v) is 12.4. The van der Waals surface area contributed by atoms with Gasteiger partial charge in [-0.1, -0.05) is 49.0 Å². The van der Waals surface area contributed by atoms with Crippen molar-refractivity contribution in [1.29, 1.82) is 0 Å². The van der Waals surface area contributed by atoms with E-state index in [1.807, 2.05) is 83.4 Å². The second-order valence-corrected chi connectivity index (χ2v) is 9.52. The Morgan fingerprint density at radius 1 is 0.943 bits per heavy atom. The maximum absolute atomic E-state index is 11.7. The second kappa shape index (κ2) is 9.13. The largest absolute Gasteiger partial charge is 0.383 e. The third-order valence-corrected chi connectivity index (χ3v) is 6.53. The van der Waals surface area contributed by atoms with E-state index in [4.69, 9.17) is 15.7 Å². The number of nitrogens with two attached hydrogens (primary N) is 1. The Labute approximate surface area is 202 Å². The van der Waals surface area contributed by atoms with E-state index in [-0.39, 0.29) is 6.54 Å². The summed E-state index contributed by atoms with van der Waals surface area (Å²) in [6.07, 6.45) is 1.64. The number of aromatic nitrogens is 4. The van der Waals surface area contributed by atoms with Crippen LogP contribution in [-0.4, -0.2) is 27.9 Å². The molecule has 35 heavy (non-hydrogen) atoms. The number of hydrogen-bond acceptors (Lipinski definition) is 6. The zero-order valence-corrected chi connectivity index (χ0v) is 19.5. The minimum atomic E-state index is -3.51. The van der Waals surface area contributed by atoms with Gasteiger partial charge in [-0.2, -0.15) is 0 Å². The van der Waals surface area contributed by atoms with E-state index in [2.05, 4.69) is 16.3 Å². The van der Waals surface area contributed by atoms with Gasteiger partial charge in [0.25, 0.3) is 0 Å². The lowest BCUT2D eigenvalue weighted by Crippen LogP contribution is -2.20. The van der Waals surface area contributed by atoms with Crippen molar-refractivity contribution in [1.82, 2.24) is 24.2 Å². The van der Waals surface area contributed by atoms with Gasteiger partial charge in [0.2, 0.25) is 10.0 Å². The fourth-order valence-corrected chi connectivity index (χ4v) is 4.25. The summed E-state index contributed by atoms with van der Waals surface area (Å²) in [5.74, 6) is 0.978. The van der Waals surface area contributed by atoms with Crippen LogP contribution in [0.4, 0.5) is 5.82 Å². The summed E-state index contributed by atoms with van der Waals surface area (Å²) >= 11 is 0. The van der Waals surface area contributed by atoms with Crippen molar-refractivity contribution in [2.24, 2.45) is 0 Å². The number of nitrogen functional groups attached to an aromatic ring is 1. The maximum Gasteiger partial charge on any atom is 0.233 e. The van der Waals surface area contributed by atoms with Crippen LogP contribution in [0.3, 0.4) is 0 Å². The first-order chi connectivity index (χ1) is 16.9. The van der Waals surface area contributed by atoms with Crippen molar-refractivity contribution in [3.8, 4) is 28.3 Å². The molecule has 0 unspecified atom stereocenters. The molecule has 0 atom stereocenters. The van der Waals surface area contributed by atoms with Crippen LogP contribution in [0.1, 0.15) is 5.56 Å². The summed E-state index contributed by atoms with van der Waals surface area (Å²) in [6.45, 7) is 3.46. The molecule has 174 valence electrons. The van der Waals surface area contributed by atoms with E-state index in [0.29, 0.717) is 28.4 Å². The molecule has 2 aromatic carbocycles. The topological polar surface area (TPSA) is 116 Å². The van der Waals surface area contributed by atoms with E-state index in [0.717, 1.165) is 27.9 Å². The SMILES string of the molecule is C=CS(=O)(=O)NCc1ccc(-n2c(-c3cccnc3N)nc3ccc(-c4ccccc4)nc32)cc1. The quantitative estimate of drug-likeness (QED) is 0.357. The second-order valence-electron chi connectivity index (χ2n) is 7.81. The van der Waals surface area contributed by atoms with E-state index in [1.165, 1.54) is 0 Å². The van der Waals surface area contributed by atoms with Gasteiger partial charge < -0.3 is 5.73 Å². The van der Waals surface area contributed by atoms with E-state index < -0.39 is 10.0 Å². The number of hydrogen-bond donors (Lipinski definition) is 2. The molecule has 0 aliphatic rings. The van der Waals surface area contributed by atoms with Gasteiger partial charge in [0.05, 0.1) is 11.3 Å². The first kappa shape index (κ1) is 22.5. The molecule has 9 heteroatoms. The van der Waals surface area contributed by atoms with E-state index >= 15 is 0 Å². The molecule has 0 spiro atoms. The molecule has 3 heterocycles. The van der Waals surface area contributed by atoms with Gasteiger partial charge in [0.15, 0.2) is 11.5 Å². The Hall–Kier alpha value is -4.34. The Bertz CT molecular complexity index is 1630. The highest BCUT2D eigenvalue weighted by molar-refractivity contribution is 7.92. The van der Waals surface area contributed by atoms with Crippen molar-refractivity contribution in [2.75, 3.05) is 5.73 Å². The molecule has 0 fully saturated rings. The molecule has 0 saturated heterocycles. The first-order valence-electron chi connectivity index (χ1n) is 10.8. The highest BCUT2D eigenvalue weighted by Crippen LogP contribution is 2.31. The highest BCUT2D eigenvalue weighted by Gasteiger charge is 2.18. The molecule has 0 saturated carbocycles. The van der Waals surface area contributed by atoms with Crippen LogP contribution in [0.5, 0.6) is 0 Å². The fraction of sp³-hybridized carbons (Fsp3) is 0.0385. The Morgan fingerprint density at radius 2 is 1.71 bits per heavy atom. The number of nitrogens with zero attached hydrogens (tertiary/aromatic N) is 4. The number of benzene rings is 2. The summed E-state index contributed by atoms with van der Waals surface area (Å²) in [5.41, 5.74) is 11.7. The van der Waals surface area contributed by atoms with Crippen molar-refractivity contribution in [3.05, 3.63) is 103 Å². The van der Waals surface area contributed by atoms with E-state index in [9.17, 15) is 8.42 Å². The molecule has 3 N–H and O–H groups in total. The Morgan fingerprint density at radius 3 is 2.43 bits per heavy atom. The minimum absolute atomic E-state index is 0.151. The molecule has 8 nitrogen and oxygen atoms in total. The minimum Gasteiger partial charge on any atom is -0.383 e. The maximum atomic E-state index is 11.7. The average molecular weight is 483 g/mol. The van der Waals surface area contributed by atoms with Gasteiger partial charge in [0, 0.05) is 29.4 Å². The van der Waals surface area contributed by atoms with Crippen LogP contribution in [0, 0.1) is 0 Å². The number of pyridine rings is 2. The molecule has 0 amide bonds. The standard InChI is InChI=1S/C26H22N6O2S/c1-2-35(33,34)29-17-18-10-12-20(13-11-18)32-25(21-9-6-16-28-24(21)27)31-23-15-14-22(30-26(23)32)19-7-4-3-5-8-19/h2-16,29H,1,17H2,(H2,27,28). The number of nitrogens with one attached hydrogen (secondary N) is 1. The van der Waals surface area contributed by atoms with Crippen molar-refractivity contribution in [3.63, 3.8) is 0 Å². The molecular weight excluding hydrogens is 460 g/mol. The monoisotopic (exact) mass is 482 g/mol. The van der Waals surface area contributed by atoms with Gasteiger partial charge in [-0.15, -0.1) is 0 Å². The number of imidazole rings is 1. The van der Waals surface area contributed by atoms with Crippen LogP contribution in [0.2, 0.25) is 0 Å². The zero-order valence-electron chi connectivity index (χ0n) is 18.7. The molecule has 0 bridgehead atoms. The highest BCUT2D eigenvalue weighted by atomic mass is 32.2. The summed E-state index contributed by atoms with van der Waals surface area (Å²) in [5, 5.41) is 0.888. The molecule has 3 aromatic heterocycles. The lowest BCUT2D eigenvalue weighted by atomic mass is 10.1. The lowest BCUT2D eigenvalue weighted by Gasteiger charge is -2.11. The molecule has 5 aromatic rings. The third-order valence-electron chi connectivity index (χ3n) is 5.54. The van der Waals surface area contributed by atoms with Gasteiger partial charge >= 0.3 is 0 Å². The summed E-state index contributed by atoms with van der Waals surface area (Å²) in [6, 6.07) is 25.0. The normalized spacial score (nSPS) is 11.5. The van der Waals surface area contributed by atoms with Crippen LogP contribution in [-0.2, 0) is 16.6 Å². The number of sulfonamides is 1. The zero-order chi connectivity index (χ0) is 24.4. The van der Waals surface area contributed by atoms with Crippen molar-refractivity contribution < 1.29 is 8.42 Å². The summed E-state index contributed by atoms with van der Waals surface area (Å²) in [4.78, 5) is 14.0. The smallest absolute Gasteiger partial charge is 0.233 e. The molecule has 0 radical (unpaired) electrons. The van der Waals surface area contributed by atoms with Crippen LogP contribution in [0.15, 0.2) is 97.0 Å². The predicted molar refractivity (Wildman–Crippen MR) is 138 cm³/mol. The lowest BCUT2D eigenvalue weighted by molar-refractivity contribution is 0.590. The summed E-state index contributed by atoms with van der Waals surface area (Å²) in [7, 11) is -3.51. The van der Waals surface area contributed by atoms with Gasteiger partial charge in [-0.3, -0.25) is 4.57 Å². The van der Waals surface area contributed by atoms with Crippen LogP contribution < -0.4 is 10.5 Å². The van der Waals surface area contributed by atoms with E-state index in [1.54, 1.807) is 6.20 Å². The average Bonchev–Trinajstić information content (AvgIpc) is 3.27. The predicted octanol–water partition coefficient (Wildman–Crippen LogP) is 4.29. The molecule has 0 aliphatic heterocycles. The summed E-state index contributed by atoms with van der Waals surface area (Å²) < 4.78 is 27.8. The third kappa shape index (κ3) is 4.54. The van der Waals surface area contributed by atoms with Crippen LogP contribution >= 0.6 is 0 Å². The van der Waals surface area contributed by atoms with Crippen LogP contribution in [0.25, 0.3) is 39.5 Å². The fourth-order valence-electron chi connectivity index (χ4n) is 3.76. The van der Waals surface area contributed by atoms with Gasteiger partial charge in [-0.05, 0) is 42.0 Å². The molecule has 5 rings (SSSR count). The van der Waals surface area contributed by atoms with Crippen molar-refractivity contribution in [2.45, 2.75) is 6.54 Å². The number of fused-ring (bicyclic) bond motifs is 1. The number of anilines is 1. The molecule has 0 aliphatic carbocycles. The van der Waals surface area contributed by atoms with Crippen molar-refractivity contribution >= 4 is 27.0 Å². The Kier molecular flexibility index (Phi) is 5.86. The Balaban J connectivity index is 1.65. The van der Waals surface area contributed by atoms with Gasteiger partial charge in [0.1, 0.15) is 11.3 Å². The van der Waals surface area contributed by atoms with Gasteiger partial charge in [-0.25, -0.2) is 28.1 Å². The molecular formula is C26H22N6O2S.